The summed E-state index contributed by atoms with van der Waals surface area (Å²) in [4.78, 5) is 16.6. The van der Waals surface area contributed by atoms with Crippen LogP contribution in [-0.4, -0.2) is 38.6 Å². The Morgan fingerprint density at radius 3 is 2.75 bits per heavy atom. The monoisotopic (exact) mass is 393 g/mol. The summed E-state index contributed by atoms with van der Waals surface area (Å²) in [6.07, 6.45) is 1.72. The second-order valence-electron chi connectivity index (χ2n) is 6.50. The first kappa shape index (κ1) is 18.2. The third-order valence-corrected chi connectivity index (χ3v) is 5.46. The van der Waals surface area contributed by atoms with Crippen molar-refractivity contribution < 1.29 is 9.53 Å². The number of nitrogens with one attached hydrogen (secondary N) is 1. The number of carbonyl (C=O) groups is 1. The second-order valence-corrected chi connectivity index (χ2v) is 7.66. The van der Waals surface area contributed by atoms with Crippen molar-refractivity contribution in [2.45, 2.75) is 20.8 Å². The van der Waals surface area contributed by atoms with Gasteiger partial charge in [0, 0.05) is 23.1 Å². The van der Waals surface area contributed by atoms with Gasteiger partial charge in [-0.3, -0.25) is 10.2 Å². The summed E-state index contributed by atoms with van der Waals surface area (Å²) in [6, 6.07) is 9.79. The van der Waals surface area contributed by atoms with E-state index in [0.717, 1.165) is 33.4 Å². The van der Waals surface area contributed by atoms with Gasteiger partial charge >= 0.3 is 0 Å². The number of hydrazone groups is 1. The molecule has 0 bridgehead atoms. The Morgan fingerprint density at radius 1 is 1.21 bits per heavy atom. The summed E-state index contributed by atoms with van der Waals surface area (Å²) in [7, 11) is 1.64. The minimum atomic E-state index is -0.417. The van der Waals surface area contributed by atoms with E-state index in [1.807, 2.05) is 51.1 Å². The van der Waals surface area contributed by atoms with E-state index in [0.29, 0.717) is 5.17 Å². The van der Waals surface area contributed by atoms with Gasteiger partial charge in [-0.15, -0.1) is 0 Å². The maximum Gasteiger partial charge on any atom is 0.283 e. The van der Waals surface area contributed by atoms with E-state index in [2.05, 4.69) is 14.7 Å². The molecule has 7 nitrogen and oxygen atoms in total. The van der Waals surface area contributed by atoms with Crippen LogP contribution in [0.5, 0.6) is 5.75 Å². The summed E-state index contributed by atoms with van der Waals surface area (Å²) >= 11 is 1.30. The number of aryl methyl sites for hydroxylation is 1. The zero-order chi connectivity index (χ0) is 20.0. The minimum Gasteiger partial charge on any atom is -0.497 e. The van der Waals surface area contributed by atoms with Crippen LogP contribution in [0.15, 0.2) is 46.0 Å². The molecule has 0 spiro atoms. The number of thioether (sulfide) groups is 1. The van der Waals surface area contributed by atoms with Crippen molar-refractivity contribution >= 4 is 39.8 Å². The maximum absolute atomic E-state index is 12.5. The summed E-state index contributed by atoms with van der Waals surface area (Å²) in [5.41, 5.74) is 4.04. The van der Waals surface area contributed by atoms with Crippen molar-refractivity contribution in [3.05, 3.63) is 52.9 Å². The number of amides is 1. The fourth-order valence-electron chi connectivity index (χ4n) is 3.32. The molecular weight excluding hydrogens is 374 g/mol. The van der Waals surface area contributed by atoms with Crippen LogP contribution in [0, 0.1) is 19.3 Å². The lowest BCUT2D eigenvalue weighted by atomic mass is 10.1. The van der Waals surface area contributed by atoms with Gasteiger partial charge < -0.3 is 9.30 Å². The molecule has 142 valence electrons. The van der Waals surface area contributed by atoms with Gasteiger partial charge in [0.05, 0.1) is 17.7 Å². The molecule has 3 heterocycles. The number of hydrogen-bond donors (Lipinski definition) is 1. The molecule has 1 N–H and O–H groups in total. The predicted molar refractivity (Wildman–Crippen MR) is 112 cm³/mol. The molecule has 1 amide bonds. The van der Waals surface area contributed by atoms with Crippen molar-refractivity contribution in [2.75, 3.05) is 7.11 Å². The number of aromatic nitrogens is 1. The minimum absolute atomic E-state index is 0.0468. The number of nitrogens with zero attached hydrogens (tertiary/aromatic N) is 4. The van der Waals surface area contributed by atoms with Crippen molar-refractivity contribution in [3.63, 3.8) is 0 Å². The van der Waals surface area contributed by atoms with Crippen molar-refractivity contribution in [1.82, 2.24) is 9.58 Å². The number of fused-ring (bicyclic) bond motifs is 1. The number of amidine groups is 2. The van der Waals surface area contributed by atoms with Crippen LogP contribution in [0.2, 0.25) is 0 Å². The lowest BCUT2D eigenvalue weighted by Crippen LogP contribution is -2.35. The Hall–Kier alpha value is -3.13. The predicted octanol–water partition coefficient (Wildman–Crippen LogP) is 3.74. The first-order valence-corrected chi connectivity index (χ1v) is 9.51. The van der Waals surface area contributed by atoms with Gasteiger partial charge in [0.15, 0.2) is 5.84 Å². The molecule has 2 aromatic rings. The second kappa shape index (κ2) is 6.79. The van der Waals surface area contributed by atoms with Gasteiger partial charge in [-0.1, -0.05) is 6.07 Å². The highest BCUT2D eigenvalue weighted by Crippen LogP contribution is 2.30. The molecule has 28 heavy (non-hydrogen) atoms. The van der Waals surface area contributed by atoms with E-state index in [1.54, 1.807) is 13.2 Å². The molecule has 0 radical (unpaired) electrons. The van der Waals surface area contributed by atoms with E-state index in [9.17, 15) is 4.79 Å². The quantitative estimate of drug-likeness (QED) is 0.805. The van der Waals surface area contributed by atoms with E-state index < -0.39 is 5.91 Å². The molecule has 1 aromatic heterocycles. The number of aliphatic imine (C=N–C) groups is 1. The molecule has 2 aliphatic heterocycles. The van der Waals surface area contributed by atoms with Crippen molar-refractivity contribution in [1.29, 1.82) is 5.41 Å². The highest BCUT2D eigenvalue weighted by atomic mass is 32.2. The van der Waals surface area contributed by atoms with Crippen LogP contribution in [0.3, 0.4) is 0 Å². The van der Waals surface area contributed by atoms with Crippen LogP contribution in [0.25, 0.3) is 11.8 Å². The van der Waals surface area contributed by atoms with E-state index in [4.69, 9.17) is 10.1 Å². The number of methoxy groups -OCH3 is 1. The van der Waals surface area contributed by atoms with Crippen LogP contribution < -0.4 is 4.74 Å². The molecule has 0 unspecified atom stereocenters. The van der Waals surface area contributed by atoms with E-state index in [1.165, 1.54) is 16.8 Å². The number of benzene rings is 1. The number of ether oxygens (including phenoxy) is 1. The molecule has 4 rings (SSSR count). The maximum atomic E-state index is 12.5. The summed E-state index contributed by atoms with van der Waals surface area (Å²) in [6.45, 7) is 5.82. The van der Waals surface area contributed by atoms with Crippen molar-refractivity contribution in [2.24, 2.45) is 10.1 Å². The molecule has 8 heteroatoms. The molecule has 0 saturated heterocycles. The van der Waals surface area contributed by atoms with Crippen molar-refractivity contribution in [3.8, 4) is 11.4 Å². The van der Waals surface area contributed by atoms with Gasteiger partial charge in [0.2, 0.25) is 5.17 Å². The standard InChI is InChI=1S/C20H19N5O2S/c1-11-8-14(12(2)24(11)15-6-5-7-16(10-15)27-4)9-17-18(21)25-20(22-19(17)26)28-13(3)23-25/h5-10,21H,1-4H3/b17-9-,21-18?. The Bertz CT molecular complexity index is 1110. The normalized spacial score (nSPS) is 17.7. The molecule has 2 aliphatic rings. The molecule has 1 aromatic carbocycles. The Balaban J connectivity index is 1.77. The van der Waals surface area contributed by atoms with Gasteiger partial charge in [0.1, 0.15) is 5.75 Å². The van der Waals surface area contributed by atoms with Gasteiger partial charge in [-0.2, -0.15) is 15.1 Å². The fraction of sp³-hybridized carbons (Fsp3) is 0.200. The topological polar surface area (TPSA) is 83.0 Å². The highest BCUT2D eigenvalue weighted by molar-refractivity contribution is 8.26. The SMILES string of the molecule is COc1cccc(-n2c(C)cc(/C=C3/C(=N)N4N=C(C)SC4=NC3=O)c2C)c1. The zero-order valence-electron chi connectivity index (χ0n) is 16.0. The van der Waals surface area contributed by atoms with Crippen LogP contribution >= 0.6 is 11.8 Å². The van der Waals surface area contributed by atoms with E-state index in [-0.39, 0.29) is 11.4 Å². The Labute approximate surface area is 166 Å². The number of rotatable bonds is 3. The molecular formula is C20H19N5O2S. The molecule has 0 aliphatic carbocycles. The van der Waals surface area contributed by atoms with Gasteiger partial charge in [-0.05, 0) is 62.4 Å². The Morgan fingerprint density at radius 2 is 2.00 bits per heavy atom. The third-order valence-electron chi connectivity index (χ3n) is 4.64. The zero-order valence-corrected chi connectivity index (χ0v) is 16.8. The summed E-state index contributed by atoms with van der Waals surface area (Å²) in [5.74, 6) is 0.404. The van der Waals surface area contributed by atoms with Gasteiger partial charge in [-0.25, -0.2) is 0 Å². The summed E-state index contributed by atoms with van der Waals surface area (Å²) < 4.78 is 7.42. The fourth-order valence-corrected chi connectivity index (χ4v) is 4.06. The first-order chi connectivity index (χ1) is 13.4. The Kier molecular flexibility index (Phi) is 4.43. The summed E-state index contributed by atoms with van der Waals surface area (Å²) in [5, 5.41) is 15.3. The first-order valence-electron chi connectivity index (χ1n) is 8.69. The largest absolute Gasteiger partial charge is 0.497 e. The van der Waals surface area contributed by atoms with Gasteiger partial charge in [0.25, 0.3) is 5.91 Å². The molecule has 0 saturated carbocycles. The molecule has 0 atom stereocenters. The smallest absolute Gasteiger partial charge is 0.283 e. The lowest BCUT2D eigenvalue weighted by molar-refractivity contribution is -0.114. The third kappa shape index (κ3) is 2.95. The average molecular weight is 393 g/mol. The van der Waals surface area contributed by atoms with Crippen LogP contribution in [0.4, 0.5) is 0 Å². The number of carbonyl (C=O) groups excluding carboxylic acids is 1. The average Bonchev–Trinajstić information content (AvgIpc) is 3.17. The van der Waals surface area contributed by atoms with Crippen LogP contribution in [0.1, 0.15) is 23.9 Å². The highest BCUT2D eigenvalue weighted by Gasteiger charge is 2.34. The number of hydrogen-bond acceptors (Lipinski definition) is 5. The van der Waals surface area contributed by atoms with Crippen LogP contribution in [-0.2, 0) is 4.79 Å². The van der Waals surface area contributed by atoms with E-state index >= 15 is 0 Å². The lowest BCUT2D eigenvalue weighted by Gasteiger charge is -2.20. The molecule has 0 fully saturated rings.